The van der Waals surface area contributed by atoms with Crippen molar-refractivity contribution >= 4 is 19.9 Å². The van der Waals surface area contributed by atoms with Crippen molar-refractivity contribution in [3.05, 3.63) is 72.3 Å². The number of nitrogens with one attached hydrogen (secondary N) is 2. The van der Waals surface area contributed by atoms with E-state index in [1.807, 2.05) is 25.1 Å². The normalized spacial score (nSPS) is 20.5. The average Bonchev–Trinajstić information content (AvgIpc) is 3.89. The lowest BCUT2D eigenvalue weighted by Crippen LogP contribution is -2.47. The third-order valence-electron chi connectivity index (χ3n) is 10.6. The number of piperidine rings is 1. The number of rotatable bonds is 17. The molecule has 3 aromatic carbocycles. The van der Waals surface area contributed by atoms with E-state index in [4.69, 9.17) is 14.2 Å². The summed E-state index contributed by atoms with van der Waals surface area (Å²) in [6.45, 7) is 8.00. The summed E-state index contributed by atoms with van der Waals surface area (Å²) in [6, 6.07) is 20.0. The predicted molar refractivity (Wildman–Crippen MR) is 202 cm³/mol. The summed E-state index contributed by atoms with van der Waals surface area (Å²) in [6.07, 6.45) is 1.78. The van der Waals surface area contributed by atoms with Gasteiger partial charge in [0.25, 0.3) is 0 Å². The molecule has 2 atom stereocenters. The minimum Gasteiger partial charge on any atom is -0.492 e. The van der Waals surface area contributed by atoms with E-state index >= 15 is 0 Å². The van der Waals surface area contributed by atoms with Gasteiger partial charge in [0.05, 0.1) is 35.1 Å². The first-order chi connectivity index (χ1) is 25.3. The third-order valence-corrected chi connectivity index (χ3v) is 15.0. The molecule has 3 aromatic rings. The number of nitrogens with zero attached hydrogens (tertiary/aromatic N) is 1. The van der Waals surface area contributed by atoms with Gasteiger partial charge in [-0.1, -0.05) is 50.2 Å². The highest BCUT2D eigenvalue weighted by Gasteiger charge is 2.54. The molecular weight excluding hydrogens is 719 g/mol. The van der Waals surface area contributed by atoms with E-state index in [-0.39, 0.29) is 29.0 Å². The van der Waals surface area contributed by atoms with Crippen LogP contribution in [0.15, 0.2) is 76.5 Å². The molecule has 0 amide bonds. The van der Waals surface area contributed by atoms with Crippen LogP contribution in [0.1, 0.15) is 58.4 Å². The van der Waals surface area contributed by atoms with Crippen molar-refractivity contribution in [3.8, 4) is 22.6 Å². The van der Waals surface area contributed by atoms with Crippen molar-refractivity contribution in [1.82, 2.24) is 14.9 Å². The molecule has 0 aromatic heterocycles. The molecule has 1 saturated carbocycles. The van der Waals surface area contributed by atoms with E-state index in [2.05, 4.69) is 36.6 Å². The van der Waals surface area contributed by atoms with Gasteiger partial charge < -0.3 is 35.1 Å². The van der Waals surface area contributed by atoms with Gasteiger partial charge in [-0.3, -0.25) is 0 Å². The summed E-state index contributed by atoms with van der Waals surface area (Å²) in [4.78, 5) is 0.257. The monoisotopic (exact) mass is 771 g/mol. The fourth-order valence-corrected chi connectivity index (χ4v) is 10.5. The van der Waals surface area contributed by atoms with Crippen molar-refractivity contribution in [1.29, 1.82) is 0 Å². The number of hydrogen-bond donors (Lipinski definition) is 4. The van der Waals surface area contributed by atoms with Crippen LogP contribution in [0.25, 0.3) is 11.1 Å². The van der Waals surface area contributed by atoms with Gasteiger partial charge in [0, 0.05) is 38.3 Å². The maximum absolute atomic E-state index is 14.1. The van der Waals surface area contributed by atoms with Gasteiger partial charge in [-0.05, 0) is 86.1 Å². The minimum atomic E-state index is -3.86. The quantitative estimate of drug-likeness (QED) is 0.158. The second-order valence-electron chi connectivity index (χ2n) is 14.8. The average molecular weight is 772 g/mol. The van der Waals surface area contributed by atoms with Gasteiger partial charge >= 0.3 is 0 Å². The summed E-state index contributed by atoms with van der Waals surface area (Å²) in [5.74, 6) is 0.664. The number of sulfonamides is 1. The van der Waals surface area contributed by atoms with E-state index in [0.717, 1.165) is 23.2 Å². The molecule has 0 radical (unpaired) electrons. The van der Waals surface area contributed by atoms with Crippen molar-refractivity contribution in [2.45, 2.75) is 97.7 Å². The number of aliphatic hydroxyl groups excluding tert-OH is 2. The summed E-state index contributed by atoms with van der Waals surface area (Å²) in [5.41, 5.74) is 2.42. The second-order valence-corrected chi connectivity index (χ2v) is 19.1. The largest absolute Gasteiger partial charge is 0.492 e. The standard InChI is InChI=1S/C39H53N3O9S2/c1-4-49-36-13-12-31(30-10-8-29(9-11-30)23-40-28(2)3)20-37(36)53(47,48)42-18-16-38(17-19-42)22-32(25-51-38)41-24-33(44)26-50-34-6-5-7-35(21-34)52(45,46)39(27-43)14-15-39/h5-13,20-21,28,32-33,40-41,43-44H,4,14-19,22-27H2,1-3H3/t32-,33?/m1/s1. The predicted octanol–water partition coefficient (Wildman–Crippen LogP) is 3.89. The molecule has 1 spiro atoms. The summed E-state index contributed by atoms with van der Waals surface area (Å²) in [7, 11) is -7.55. The van der Waals surface area contributed by atoms with Gasteiger partial charge in [0.15, 0.2) is 9.84 Å². The molecule has 1 aliphatic carbocycles. The SMILES string of the molecule is CCOc1ccc(-c2ccc(CNC(C)C)cc2)cc1S(=O)(=O)N1CCC2(CC1)C[C@@H](NCC(O)COc1cccc(S(=O)(=O)C3(CO)CC3)c1)CO2. The maximum atomic E-state index is 14.1. The maximum Gasteiger partial charge on any atom is 0.246 e. The molecule has 3 aliphatic rings. The molecule has 290 valence electrons. The number of ether oxygens (including phenoxy) is 3. The van der Waals surface area contributed by atoms with Gasteiger partial charge in [0.1, 0.15) is 29.1 Å². The third kappa shape index (κ3) is 8.91. The zero-order valence-electron chi connectivity index (χ0n) is 30.8. The summed E-state index contributed by atoms with van der Waals surface area (Å²) in [5, 5.41) is 27.0. The molecule has 4 N–H and O–H groups in total. The van der Waals surface area contributed by atoms with E-state index in [0.29, 0.717) is 75.9 Å². The molecule has 6 rings (SSSR count). The van der Waals surface area contributed by atoms with Crippen molar-refractivity contribution in [3.63, 3.8) is 0 Å². The molecule has 1 unspecified atom stereocenters. The van der Waals surface area contributed by atoms with Crippen LogP contribution in [0.5, 0.6) is 11.5 Å². The van der Waals surface area contributed by atoms with Gasteiger partial charge in [-0.15, -0.1) is 0 Å². The smallest absolute Gasteiger partial charge is 0.246 e. The van der Waals surface area contributed by atoms with Gasteiger partial charge in [-0.25, -0.2) is 16.8 Å². The van der Waals surface area contributed by atoms with Crippen LogP contribution in [0.4, 0.5) is 0 Å². The highest BCUT2D eigenvalue weighted by molar-refractivity contribution is 7.93. The second kappa shape index (κ2) is 16.3. The van der Waals surface area contributed by atoms with Crippen molar-refractivity contribution < 1.29 is 41.3 Å². The Morgan fingerprint density at radius 1 is 0.943 bits per heavy atom. The van der Waals surface area contributed by atoms with Gasteiger partial charge in [-0.2, -0.15) is 4.31 Å². The van der Waals surface area contributed by atoms with E-state index in [1.165, 1.54) is 16.4 Å². The van der Waals surface area contributed by atoms with Crippen molar-refractivity contribution in [2.75, 3.05) is 46.1 Å². The number of sulfone groups is 1. The first kappa shape index (κ1) is 39.6. The minimum absolute atomic E-state index is 0.0247. The van der Waals surface area contributed by atoms with Crippen LogP contribution < -0.4 is 20.1 Å². The first-order valence-corrected chi connectivity index (χ1v) is 21.5. The van der Waals surface area contributed by atoms with Gasteiger partial charge in [0.2, 0.25) is 10.0 Å². The van der Waals surface area contributed by atoms with E-state index in [9.17, 15) is 27.0 Å². The van der Waals surface area contributed by atoms with Crippen LogP contribution in [-0.4, -0.2) is 106 Å². The Morgan fingerprint density at radius 2 is 1.66 bits per heavy atom. The number of hydrogen-bond acceptors (Lipinski definition) is 11. The molecule has 2 heterocycles. The molecule has 53 heavy (non-hydrogen) atoms. The topological polar surface area (TPSA) is 164 Å². The molecule has 0 bridgehead atoms. The van der Waals surface area contributed by atoms with Crippen LogP contribution in [0, 0.1) is 0 Å². The molecule has 2 saturated heterocycles. The Kier molecular flexibility index (Phi) is 12.2. The zero-order valence-corrected chi connectivity index (χ0v) is 32.4. The van der Waals surface area contributed by atoms with E-state index in [1.54, 1.807) is 24.3 Å². The highest BCUT2D eigenvalue weighted by Crippen LogP contribution is 2.46. The molecule has 2 aliphatic heterocycles. The Balaban J connectivity index is 1.01. The summed E-state index contributed by atoms with van der Waals surface area (Å²) < 4.78 is 72.4. The van der Waals surface area contributed by atoms with Crippen LogP contribution in [0.3, 0.4) is 0 Å². The number of benzene rings is 3. The zero-order chi connectivity index (χ0) is 37.9. The molecule has 14 heteroatoms. The highest BCUT2D eigenvalue weighted by atomic mass is 32.2. The Morgan fingerprint density at radius 3 is 2.32 bits per heavy atom. The Hall–Kier alpha value is -3.08. The van der Waals surface area contributed by atoms with Crippen LogP contribution in [0.2, 0.25) is 0 Å². The van der Waals surface area contributed by atoms with Crippen LogP contribution >= 0.6 is 0 Å². The lowest BCUT2D eigenvalue weighted by molar-refractivity contribution is -0.0312. The van der Waals surface area contributed by atoms with Crippen LogP contribution in [-0.2, 0) is 31.1 Å². The van der Waals surface area contributed by atoms with E-state index < -0.39 is 42.9 Å². The molecule has 3 fully saturated rings. The Labute approximate surface area is 313 Å². The van der Waals surface area contributed by atoms with Crippen molar-refractivity contribution in [2.24, 2.45) is 0 Å². The molecule has 12 nitrogen and oxygen atoms in total. The fourth-order valence-electron chi connectivity index (χ4n) is 7.08. The molecular formula is C39H53N3O9S2. The first-order valence-electron chi connectivity index (χ1n) is 18.5. The lowest BCUT2D eigenvalue weighted by atomic mass is 9.88. The fraction of sp³-hybridized carbons (Fsp3) is 0.538. The Bertz CT molecular complexity index is 1930. The summed E-state index contributed by atoms with van der Waals surface area (Å²) >= 11 is 0. The number of aliphatic hydroxyl groups is 2. The lowest BCUT2D eigenvalue weighted by Gasteiger charge is -2.38.